The number of carboxylic acids is 1. The molecule has 20 heavy (non-hydrogen) atoms. The Morgan fingerprint density at radius 3 is 2.70 bits per heavy atom. The maximum Gasteiger partial charge on any atom is 0.339 e. The molecule has 6 heteroatoms. The summed E-state index contributed by atoms with van der Waals surface area (Å²) >= 11 is 0. The third kappa shape index (κ3) is 2.91. The van der Waals surface area contributed by atoms with Gasteiger partial charge in [0.1, 0.15) is 11.3 Å². The summed E-state index contributed by atoms with van der Waals surface area (Å²) in [5.74, 6) is -1.61. The van der Waals surface area contributed by atoms with Crippen molar-refractivity contribution in [2.75, 3.05) is 11.9 Å². The predicted octanol–water partition coefficient (Wildman–Crippen LogP) is 1.40. The van der Waals surface area contributed by atoms with E-state index in [-0.39, 0.29) is 29.1 Å². The fourth-order valence-corrected chi connectivity index (χ4v) is 2.69. The number of rotatable bonds is 4. The van der Waals surface area contributed by atoms with Crippen molar-refractivity contribution in [3.05, 3.63) is 23.8 Å². The van der Waals surface area contributed by atoms with Gasteiger partial charge in [0.05, 0.1) is 0 Å². The van der Waals surface area contributed by atoms with Crippen molar-refractivity contribution >= 4 is 17.6 Å². The minimum atomic E-state index is -1.21. The highest BCUT2D eigenvalue weighted by Crippen LogP contribution is 2.32. The number of benzene rings is 1. The van der Waals surface area contributed by atoms with Crippen LogP contribution in [0, 0.1) is 11.8 Å². The van der Waals surface area contributed by atoms with Crippen molar-refractivity contribution in [3.8, 4) is 5.75 Å². The SMILES string of the molecule is NCC1CCCC1C(=O)Nc1ccc(C(=O)O)c(O)c1. The summed E-state index contributed by atoms with van der Waals surface area (Å²) in [6, 6.07) is 3.98. The lowest BCUT2D eigenvalue weighted by Gasteiger charge is -2.17. The molecule has 0 radical (unpaired) electrons. The molecule has 2 unspecified atom stereocenters. The maximum absolute atomic E-state index is 12.1. The van der Waals surface area contributed by atoms with Crippen molar-refractivity contribution in [2.24, 2.45) is 17.6 Å². The number of hydrogen-bond donors (Lipinski definition) is 4. The number of amides is 1. The summed E-state index contributed by atoms with van der Waals surface area (Å²) in [7, 11) is 0. The van der Waals surface area contributed by atoms with Crippen LogP contribution < -0.4 is 11.1 Å². The first-order valence-electron chi connectivity index (χ1n) is 6.60. The lowest BCUT2D eigenvalue weighted by atomic mass is 9.95. The zero-order valence-corrected chi connectivity index (χ0v) is 11.0. The second-order valence-electron chi connectivity index (χ2n) is 5.06. The molecular weight excluding hydrogens is 260 g/mol. The number of carboxylic acid groups (broad SMARTS) is 1. The van der Waals surface area contributed by atoms with E-state index in [4.69, 9.17) is 10.8 Å². The molecule has 1 aliphatic carbocycles. The zero-order chi connectivity index (χ0) is 14.7. The number of anilines is 1. The standard InChI is InChI=1S/C14H18N2O4/c15-7-8-2-1-3-10(8)13(18)16-9-4-5-11(14(19)20)12(17)6-9/h4-6,8,10,17H,1-3,7,15H2,(H,16,18)(H,19,20). The van der Waals surface area contributed by atoms with E-state index in [9.17, 15) is 14.7 Å². The Morgan fingerprint density at radius 2 is 2.10 bits per heavy atom. The van der Waals surface area contributed by atoms with Gasteiger partial charge in [0.15, 0.2) is 0 Å². The quantitative estimate of drug-likeness (QED) is 0.665. The Balaban J connectivity index is 2.08. The molecule has 1 aliphatic rings. The van der Waals surface area contributed by atoms with Crippen LogP contribution in [0.5, 0.6) is 5.75 Å². The van der Waals surface area contributed by atoms with Crippen LogP contribution in [0.2, 0.25) is 0 Å². The van der Waals surface area contributed by atoms with E-state index in [0.717, 1.165) is 19.3 Å². The van der Waals surface area contributed by atoms with Crippen molar-refractivity contribution < 1.29 is 19.8 Å². The van der Waals surface area contributed by atoms with Gasteiger partial charge in [0.2, 0.25) is 5.91 Å². The van der Waals surface area contributed by atoms with E-state index in [1.54, 1.807) is 0 Å². The third-order valence-corrected chi connectivity index (χ3v) is 3.79. The first-order chi connectivity index (χ1) is 9.52. The molecule has 0 aliphatic heterocycles. The van der Waals surface area contributed by atoms with Crippen LogP contribution in [-0.2, 0) is 4.79 Å². The number of nitrogens with two attached hydrogens (primary N) is 1. The molecule has 1 saturated carbocycles. The summed E-state index contributed by atoms with van der Waals surface area (Å²) in [5, 5.41) is 21.1. The molecule has 0 bridgehead atoms. The predicted molar refractivity (Wildman–Crippen MR) is 73.6 cm³/mol. The summed E-state index contributed by atoms with van der Waals surface area (Å²) in [5.41, 5.74) is 5.85. The van der Waals surface area contributed by atoms with Gasteiger partial charge in [-0.05, 0) is 37.4 Å². The van der Waals surface area contributed by atoms with E-state index < -0.39 is 5.97 Å². The van der Waals surface area contributed by atoms with Crippen LogP contribution in [0.15, 0.2) is 18.2 Å². The van der Waals surface area contributed by atoms with Crippen LogP contribution in [0.4, 0.5) is 5.69 Å². The van der Waals surface area contributed by atoms with Gasteiger partial charge >= 0.3 is 5.97 Å². The summed E-state index contributed by atoms with van der Waals surface area (Å²) in [6.45, 7) is 0.487. The monoisotopic (exact) mass is 278 g/mol. The van der Waals surface area contributed by atoms with E-state index in [2.05, 4.69) is 5.32 Å². The van der Waals surface area contributed by atoms with Crippen LogP contribution in [0.25, 0.3) is 0 Å². The van der Waals surface area contributed by atoms with Gasteiger partial charge in [0, 0.05) is 17.7 Å². The lowest BCUT2D eigenvalue weighted by Crippen LogP contribution is -2.29. The number of phenols is 1. The number of carbonyl (C=O) groups is 2. The van der Waals surface area contributed by atoms with Gasteiger partial charge < -0.3 is 21.3 Å². The van der Waals surface area contributed by atoms with Crippen LogP contribution in [-0.4, -0.2) is 28.6 Å². The Labute approximate surface area is 116 Å². The molecular formula is C14H18N2O4. The topological polar surface area (TPSA) is 113 Å². The average molecular weight is 278 g/mol. The molecule has 0 spiro atoms. The number of hydrogen-bond acceptors (Lipinski definition) is 4. The fraction of sp³-hybridized carbons (Fsp3) is 0.429. The first kappa shape index (κ1) is 14.3. The second-order valence-corrected chi connectivity index (χ2v) is 5.06. The summed E-state index contributed by atoms with van der Waals surface area (Å²) < 4.78 is 0. The minimum absolute atomic E-state index is 0.110. The molecule has 0 aromatic heterocycles. The lowest BCUT2D eigenvalue weighted by molar-refractivity contribution is -0.120. The van der Waals surface area contributed by atoms with Crippen molar-refractivity contribution in [2.45, 2.75) is 19.3 Å². The molecule has 6 nitrogen and oxygen atoms in total. The number of aromatic hydroxyl groups is 1. The number of aromatic carboxylic acids is 1. The molecule has 5 N–H and O–H groups in total. The molecule has 1 aromatic rings. The van der Waals surface area contributed by atoms with Gasteiger partial charge in [0.25, 0.3) is 0 Å². The van der Waals surface area contributed by atoms with Gasteiger partial charge in [-0.3, -0.25) is 4.79 Å². The zero-order valence-electron chi connectivity index (χ0n) is 11.0. The third-order valence-electron chi connectivity index (χ3n) is 3.79. The van der Waals surface area contributed by atoms with Gasteiger partial charge in [-0.1, -0.05) is 6.42 Å². The normalized spacial score (nSPS) is 21.6. The molecule has 1 fully saturated rings. The maximum atomic E-state index is 12.1. The Morgan fingerprint density at radius 1 is 1.35 bits per heavy atom. The van der Waals surface area contributed by atoms with Crippen molar-refractivity contribution in [1.82, 2.24) is 0 Å². The van der Waals surface area contributed by atoms with E-state index in [1.165, 1.54) is 18.2 Å². The summed E-state index contributed by atoms with van der Waals surface area (Å²) in [4.78, 5) is 22.9. The van der Waals surface area contributed by atoms with E-state index in [1.807, 2.05) is 0 Å². The average Bonchev–Trinajstić information content (AvgIpc) is 2.86. The molecule has 108 valence electrons. The molecule has 2 rings (SSSR count). The molecule has 0 saturated heterocycles. The highest BCUT2D eigenvalue weighted by atomic mass is 16.4. The molecule has 2 atom stereocenters. The van der Waals surface area contributed by atoms with E-state index in [0.29, 0.717) is 12.2 Å². The molecule has 0 heterocycles. The second kappa shape index (κ2) is 5.92. The Kier molecular flexibility index (Phi) is 4.24. The summed E-state index contributed by atoms with van der Waals surface area (Å²) in [6.07, 6.45) is 2.76. The largest absolute Gasteiger partial charge is 0.507 e. The van der Waals surface area contributed by atoms with Gasteiger partial charge in [-0.25, -0.2) is 4.79 Å². The minimum Gasteiger partial charge on any atom is -0.507 e. The highest BCUT2D eigenvalue weighted by Gasteiger charge is 2.31. The number of nitrogens with one attached hydrogen (secondary N) is 1. The van der Waals surface area contributed by atoms with Gasteiger partial charge in [-0.2, -0.15) is 0 Å². The van der Waals surface area contributed by atoms with E-state index >= 15 is 0 Å². The first-order valence-corrected chi connectivity index (χ1v) is 6.60. The van der Waals surface area contributed by atoms with Crippen LogP contribution in [0.1, 0.15) is 29.6 Å². The van der Waals surface area contributed by atoms with Crippen molar-refractivity contribution in [3.63, 3.8) is 0 Å². The van der Waals surface area contributed by atoms with Crippen LogP contribution >= 0.6 is 0 Å². The van der Waals surface area contributed by atoms with Crippen LogP contribution in [0.3, 0.4) is 0 Å². The van der Waals surface area contributed by atoms with Crippen molar-refractivity contribution in [1.29, 1.82) is 0 Å². The number of carbonyl (C=O) groups excluding carboxylic acids is 1. The Hall–Kier alpha value is -2.08. The highest BCUT2D eigenvalue weighted by molar-refractivity contribution is 5.95. The molecule has 1 aromatic carbocycles. The molecule has 1 amide bonds. The fourth-order valence-electron chi connectivity index (χ4n) is 2.69. The van der Waals surface area contributed by atoms with Gasteiger partial charge in [-0.15, -0.1) is 0 Å². The Bertz CT molecular complexity index is 530. The smallest absolute Gasteiger partial charge is 0.339 e.